The number of rotatable bonds is 6. The molecule has 0 bridgehead atoms. The van der Waals surface area contributed by atoms with Crippen molar-refractivity contribution in [1.29, 1.82) is 0 Å². The first kappa shape index (κ1) is 12.6. The van der Waals surface area contributed by atoms with Gasteiger partial charge in [-0.15, -0.1) is 0 Å². The molecule has 0 spiro atoms. The zero-order chi connectivity index (χ0) is 12.6. The second-order valence-corrected chi connectivity index (χ2v) is 4.17. The Balaban J connectivity index is 1.86. The van der Waals surface area contributed by atoms with Crippen LogP contribution in [0.15, 0.2) is 54.9 Å². The molecule has 1 heterocycles. The summed E-state index contributed by atoms with van der Waals surface area (Å²) in [5, 5.41) is 3.28. The molecule has 0 saturated heterocycles. The zero-order valence-corrected chi connectivity index (χ0v) is 10.5. The van der Waals surface area contributed by atoms with Crippen molar-refractivity contribution in [2.75, 3.05) is 13.7 Å². The van der Waals surface area contributed by atoms with Gasteiger partial charge in [0.2, 0.25) is 0 Å². The molecule has 1 unspecified atom stereocenters. The maximum atomic E-state index is 5.75. The number of para-hydroxylation sites is 1. The van der Waals surface area contributed by atoms with Gasteiger partial charge in [-0.3, -0.25) is 4.98 Å². The molecule has 1 N–H and O–H groups in total. The van der Waals surface area contributed by atoms with E-state index in [4.69, 9.17) is 4.74 Å². The van der Waals surface area contributed by atoms with Crippen LogP contribution in [-0.4, -0.2) is 24.7 Å². The Hall–Kier alpha value is -1.87. The van der Waals surface area contributed by atoms with Crippen LogP contribution in [0.3, 0.4) is 0 Å². The number of aromatic nitrogens is 1. The normalized spacial score (nSPS) is 12.1. The fraction of sp³-hybridized carbons (Fsp3) is 0.267. The van der Waals surface area contributed by atoms with Crippen LogP contribution in [0.1, 0.15) is 5.56 Å². The van der Waals surface area contributed by atoms with Crippen molar-refractivity contribution >= 4 is 0 Å². The van der Waals surface area contributed by atoms with Gasteiger partial charge in [-0.1, -0.05) is 18.2 Å². The number of likely N-dealkylation sites (N-methyl/N-ethyl adjacent to an activating group) is 1. The van der Waals surface area contributed by atoms with Gasteiger partial charge < -0.3 is 10.1 Å². The summed E-state index contributed by atoms with van der Waals surface area (Å²) in [5.41, 5.74) is 1.26. The highest BCUT2D eigenvalue weighted by molar-refractivity contribution is 5.21. The quantitative estimate of drug-likeness (QED) is 0.844. The number of hydrogen-bond acceptors (Lipinski definition) is 3. The van der Waals surface area contributed by atoms with Gasteiger partial charge in [-0.05, 0) is 43.3 Å². The SMILES string of the molecule is CNC(COc1ccccc1)Cc1ccncc1. The fourth-order valence-electron chi connectivity index (χ4n) is 1.76. The minimum absolute atomic E-state index is 0.299. The third kappa shape index (κ3) is 3.86. The van der Waals surface area contributed by atoms with Crippen LogP contribution in [0, 0.1) is 0 Å². The molecule has 2 rings (SSSR count). The monoisotopic (exact) mass is 242 g/mol. The predicted octanol–water partition coefficient (Wildman–Crippen LogP) is 2.29. The highest BCUT2D eigenvalue weighted by Crippen LogP contribution is 2.09. The van der Waals surface area contributed by atoms with Crippen LogP contribution in [-0.2, 0) is 6.42 Å². The summed E-state index contributed by atoms with van der Waals surface area (Å²) in [7, 11) is 1.96. The summed E-state index contributed by atoms with van der Waals surface area (Å²) in [6, 6.07) is 14.3. The van der Waals surface area contributed by atoms with Gasteiger partial charge in [0.25, 0.3) is 0 Å². The van der Waals surface area contributed by atoms with Crippen molar-refractivity contribution in [1.82, 2.24) is 10.3 Å². The highest BCUT2D eigenvalue weighted by Gasteiger charge is 2.08. The molecule has 1 aromatic heterocycles. The largest absolute Gasteiger partial charge is 0.492 e. The van der Waals surface area contributed by atoms with E-state index in [1.165, 1.54) is 5.56 Å². The molecule has 0 amide bonds. The summed E-state index contributed by atoms with van der Waals surface area (Å²) >= 11 is 0. The maximum absolute atomic E-state index is 5.75. The molecule has 2 aromatic rings. The lowest BCUT2D eigenvalue weighted by molar-refractivity contribution is 0.270. The first-order valence-electron chi connectivity index (χ1n) is 6.12. The Bertz CT molecular complexity index is 445. The van der Waals surface area contributed by atoms with Gasteiger partial charge in [0.1, 0.15) is 12.4 Å². The Morgan fingerprint density at radius 1 is 1.11 bits per heavy atom. The van der Waals surface area contributed by atoms with Crippen molar-refractivity contribution in [3.05, 3.63) is 60.4 Å². The molecule has 0 aliphatic carbocycles. The van der Waals surface area contributed by atoms with E-state index in [-0.39, 0.29) is 0 Å². The lowest BCUT2D eigenvalue weighted by Gasteiger charge is -2.17. The van der Waals surface area contributed by atoms with E-state index in [1.807, 2.05) is 61.9 Å². The van der Waals surface area contributed by atoms with E-state index >= 15 is 0 Å². The standard InChI is InChI=1S/C15H18N2O/c1-16-14(11-13-7-9-17-10-8-13)12-18-15-5-3-2-4-6-15/h2-10,14,16H,11-12H2,1H3. The molecule has 1 aromatic carbocycles. The molecule has 0 aliphatic rings. The van der Waals surface area contributed by atoms with Crippen molar-refractivity contribution < 1.29 is 4.74 Å². The summed E-state index contributed by atoms with van der Waals surface area (Å²) in [5.74, 6) is 0.910. The average molecular weight is 242 g/mol. The molecule has 1 atom stereocenters. The van der Waals surface area contributed by atoms with Crippen LogP contribution in [0.25, 0.3) is 0 Å². The summed E-state index contributed by atoms with van der Waals surface area (Å²) < 4.78 is 5.75. The molecule has 0 saturated carbocycles. The number of hydrogen-bond donors (Lipinski definition) is 1. The second kappa shape index (κ2) is 6.77. The van der Waals surface area contributed by atoms with Gasteiger partial charge in [-0.25, -0.2) is 0 Å². The van der Waals surface area contributed by atoms with E-state index in [1.54, 1.807) is 0 Å². The third-order valence-corrected chi connectivity index (χ3v) is 2.83. The first-order valence-corrected chi connectivity index (χ1v) is 6.12. The van der Waals surface area contributed by atoms with Crippen molar-refractivity contribution in [2.45, 2.75) is 12.5 Å². The van der Waals surface area contributed by atoms with Crippen molar-refractivity contribution in [2.24, 2.45) is 0 Å². The van der Waals surface area contributed by atoms with Crippen LogP contribution in [0.2, 0.25) is 0 Å². The molecule has 3 heteroatoms. The van der Waals surface area contributed by atoms with Crippen LogP contribution in [0.4, 0.5) is 0 Å². The fourth-order valence-corrected chi connectivity index (χ4v) is 1.76. The summed E-state index contributed by atoms with van der Waals surface area (Å²) in [4.78, 5) is 4.02. The van der Waals surface area contributed by atoms with Gasteiger partial charge in [0.15, 0.2) is 0 Å². The number of nitrogens with zero attached hydrogens (tertiary/aromatic N) is 1. The summed E-state index contributed by atoms with van der Waals surface area (Å²) in [6.07, 6.45) is 4.58. The molecule has 0 radical (unpaired) electrons. The molecule has 0 aliphatic heterocycles. The molecular formula is C15H18N2O. The van der Waals surface area contributed by atoms with Crippen molar-refractivity contribution in [3.8, 4) is 5.75 Å². The first-order chi connectivity index (χ1) is 8.88. The van der Waals surface area contributed by atoms with E-state index in [9.17, 15) is 0 Å². The van der Waals surface area contributed by atoms with Crippen LogP contribution < -0.4 is 10.1 Å². The van der Waals surface area contributed by atoms with E-state index in [0.29, 0.717) is 12.6 Å². The van der Waals surface area contributed by atoms with Crippen LogP contribution >= 0.6 is 0 Å². The van der Waals surface area contributed by atoms with Gasteiger partial charge in [-0.2, -0.15) is 0 Å². The number of pyridine rings is 1. The van der Waals surface area contributed by atoms with Gasteiger partial charge >= 0.3 is 0 Å². The Morgan fingerprint density at radius 2 is 1.83 bits per heavy atom. The predicted molar refractivity (Wildman–Crippen MR) is 72.7 cm³/mol. The minimum Gasteiger partial charge on any atom is -0.492 e. The Kier molecular flexibility index (Phi) is 4.73. The lowest BCUT2D eigenvalue weighted by Crippen LogP contribution is -2.33. The zero-order valence-electron chi connectivity index (χ0n) is 10.5. The number of ether oxygens (including phenoxy) is 1. The molecule has 94 valence electrons. The molecule has 18 heavy (non-hydrogen) atoms. The Labute approximate surface area is 108 Å². The van der Waals surface area contributed by atoms with Gasteiger partial charge in [0.05, 0.1) is 0 Å². The molecule has 0 fully saturated rings. The van der Waals surface area contributed by atoms with Crippen molar-refractivity contribution in [3.63, 3.8) is 0 Å². The van der Waals surface area contributed by atoms with E-state index < -0.39 is 0 Å². The van der Waals surface area contributed by atoms with E-state index in [2.05, 4.69) is 10.3 Å². The molecule has 3 nitrogen and oxygen atoms in total. The lowest BCUT2D eigenvalue weighted by atomic mass is 10.1. The van der Waals surface area contributed by atoms with Gasteiger partial charge in [0, 0.05) is 18.4 Å². The smallest absolute Gasteiger partial charge is 0.119 e. The topological polar surface area (TPSA) is 34.1 Å². The average Bonchev–Trinajstić information content (AvgIpc) is 2.45. The van der Waals surface area contributed by atoms with E-state index in [0.717, 1.165) is 12.2 Å². The second-order valence-electron chi connectivity index (χ2n) is 4.17. The Morgan fingerprint density at radius 3 is 2.50 bits per heavy atom. The highest BCUT2D eigenvalue weighted by atomic mass is 16.5. The number of nitrogens with one attached hydrogen (secondary N) is 1. The third-order valence-electron chi connectivity index (χ3n) is 2.83. The maximum Gasteiger partial charge on any atom is 0.119 e. The van der Waals surface area contributed by atoms with Crippen LogP contribution in [0.5, 0.6) is 5.75 Å². The number of benzene rings is 1. The minimum atomic E-state index is 0.299. The molecular weight excluding hydrogens is 224 g/mol. The summed E-state index contributed by atoms with van der Waals surface area (Å²) in [6.45, 7) is 0.656.